The van der Waals surface area contributed by atoms with Gasteiger partial charge in [0, 0.05) is 32.1 Å². The average molecular weight is 257 g/mol. The second-order valence-electron chi connectivity index (χ2n) is 4.64. The molecule has 0 aromatic heterocycles. The van der Waals surface area contributed by atoms with Gasteiger partial charge in [0.2, 0.25) is 5.91 Å². The van der Waals surface area contributed by atoms with Gasteiger partial charge in [0.25, 0.3) is 0 Å². The molecular weight excluding hydrogens is 238 g/mol. The molecule has 1 rings (SSSR count). The lowest BCUT2D eigenvalue weighted by molar-refractivity contribution is -0.146. The molecular formula is C11H19N3O4. The zero-order chi connectivity index (χ0) is 13.7. The number of amides is 3. The highest BCUT2D eigenvalue weighted by molar-refractivity contribution is 5.81. The van der Waals surface area contributed by atoms with E-state index < -0.39 is 11.9 Å². The van der Waals surface area contributed by atoms with E-state index >= 15 is 0 Å². The van der Waals surface area contributed by atoms with Crippen LogP contribution in [0.2, 0.25) is 0 Å². The Hall–Kier alpha value is -1.79. The number of rotatable bonds is 5. The van der Waals surface area contributed by atoms with Crippen molar-refractivity contribution in [1.29, 1.82) is 0 Å². The molecule has 1 saturated heterocycles. The van der Waals surface area contributed by atoms with Crippen molar-refractivity contribution >= 4 is 17.9 Å². The van der Waals surface area contributed by atoms with E-state index in [-0.39, 0.29) is 44.0 Å². The van der Waals surface area contributed by atoms with Gasteiger partial charge in [-0.2, -0.15) is 0 Å². The van der Waals surface area contributed by atoms with E-state index in [1.165, 1.54) is 4.90 Å². The number of nitrogens with one attached hydrogen (secondary N) is 2. The maximum Gasteiger partial charge on any atom is 0.317 e. The van der Waals surface area contributed by atoms with Crippen LogP contribution < -0.4 is 10.6 Å². The van der Waals surface area contributed by atoms with Gasteiger partial charge in [0.05, 0.1) is 5.92 Å². The Labute approximate surface area is 106 Å². The topological polar surface area (TPSA) is 98.7 Å². The number of likely N-dealkylation sites (tertiary alicyclic amines) is 1. The Morgan fingerprint density at radius 3 is 2.44 bits per heavy atom. The van der Waals surface area contributed by atoms with E-state index in [4.69, 9.17) is 5.11 Å². The fourth-order valence-corrected chi connectivity index (χ4v) is 1.59. The zero-order valence-corrected chi connectivity index (χ0v) is 10.6. The summed E-state index contributed by atoms with van der Waals surface area (Å²) in [7, 11) is 0. The highest BCUT2D eigenvalue weighted by Crippen LogP contribution is 2.14. The van der Waals surface area contributed by atoms with Crippen molar-refractivity contribution < 1.29 is 19.5 Å². The molecule has 0 aliphatic carbocycles. The smallest absolute Gasteiger partial charge is 0.317 e. The third kappa shape index (κ3) is 4.23. The Morgan fingerprint density at radius 2 is 1.94 bits per heavy atom. The lowest BCUT2D eigenvalue weighted by atomic mass is 10.0. The predicted octanol–water partition coefficient (Wildman–Crippen LogP) is -0.373. The van der Waals surface area contributed by atoms with Crippen molar-refractivity contribution in [2.24, 2.45) is 5.92 Å². The molecule has 0 aromatic rings. The number of urea groups is 1. The average Bonchev–Trinajstić information content (AvgIpc) is 2.12. The zero-order valence-electron chi connectivity index (χ0n) is 10.6. The maximum absolute atomic E-state index is 11.5. The second kappa shape index (κ2) is 6.23. The Morgan fingerprint density at radius 1 is 1.33 bits per heavy atom. The van der Waals surface area contributed by atoms with Crippen LogP contribution in [0, 0.1) is 5.92 Å². The minimum atomic E-state index is -0.879. The first-order chi connectivity index (χ1) is 8.40. The number of carboxylic acid groups (broad SMARTS) is 1. The summed E-state index contributed by atoms with van der Waals surface area (Å²) in [4.78, 5) is 34.7. The molecule has 3 N–H and O–H groups in total. The molecule has 1 aliphatic rings. The molecule has 0 bridgehead atoms. The summed E-state index contributed by atoms with van der Waals surface area (Å²) in [5.74, 6) is -1.45. The van der Waals surface area contributed by atoms with E-state index in [1.807, 2.05) is 13.8 Å². The van der Waals surface area contributed by atoms with Gasteiger partial charge in [-0.3, -0.25) is 9.59 Å². The molecule has 1 fully saturated rings. The summed E-state index contributed by atoms with van der Waals surface area (Å²) in [6.45, 7) is 4.45. The van der Waals surface area contributed by atoms with Crippen LogP contribution in [0.4, 0.5) is 4.79 Å². The van der Waals surface area contributed by atoms with E-state index in [0.717, 1.165) is 0 Å². The summed E-state index contributed by atoms with van der Waals surface area (Å²) in [5.41, 5.74) is 0. The van der Waals surface area contributed by atoms with Crippen LogP contribution in [0.3, 0.4) is 0 Å². The largest absolute Gasteiger partial charge is 0.481 e. The normalized spacial score (nSPS) is 15.2. The summed E-state index contributed by atoms with van der Waals surface area (Å²) in [6, 6.07) is -0.232. The number of carbonyl (C=O) groups is 3. The molecule has 0 radical (unpaired) electrons. The van der Waals surface area contributed by atoms with E-state index in [1.54, 1.807) is 0 Å². The van der Waals surface area contributed by atoms with Crippen LogP contribution in [0.15, 0.2) is 0 Å². The Balaban J connectivity index is 2.12. The van der Waals surface area contributed by atoms with Gasteiger partial charge < -0.3 is 20.6 Å². The molecule has 7 nitrogen and oxygen atoms in total. The number of carboxylic acids is 1. The number of hydrogen-bond donors (Lipinski definition) is 3. The third-order valence-corrected chi connectivity index (χ3v) is 2.60. The quantitative estimate of drug-likeness (QED) is 0.625. The summed E-state index contributed by atoms with van der Waals surface area (Å²) in [6.07, 6.45) is 0.222. The van der Waals surface area contributed by atoms with E-state index in [9.17, 15) is 14.4 Å². The predicted molar refractivity (Wildman–Crippen MR) is 64.0 cm³/mol. The lowest BCUT2D eigenvalue weighted by Crippen LogP contribution is -2.56. The highest BCUT2D eigenvalue weighted by atomic mass is 16.4. The minimum Gasteiger partial charge on any atom is -0.481 e. The molecule has 0 saturated carbocycles. The number of carbonyl (C=O) groups excluding carboxylic acids is 2. The molecule has 1 heterocycles. The molecule has 102 valence electrons. The molecule has 18 heavy (non-hydrogen) atoms. The van der Waals surface area contributed by atoms with E-state index in [0.29, 0.717) is 0 Å². The van der Waals surface area contributed by atoms with Gasteiger partial charge in [-0.05, 0) is 13.8 Å². The molecule has 0 aromatic carbocycles. The first kappa shape index (κ1) is 14.3. The Kier molecular flexibility index (Phi) is 4.94. The van der Waals surface area contributed by atoms with Gasteiger partial charge in [-0.25, -0.2) is 4.79 Å². The van der Waals surface area contributed by atoms with Crippen LogP contribution in [0.1, 0.15) is 20.3 Å². The van der Waals surface area contributed by atoms with Crippen molar-refractivity contribution in [3.05, 3.63) is 0 Å². The first-order valence-corrected chi connectivity index (χ1v) is 5.95. The number of nitrogens with zero attached hydrogens (tertiary/aromatic N) is 1. The van der Waals surface area contributed by atoms with Gasteiger partial charge in [0.15, 0.2) is 0 Å². The van der Waals surface area contributed by atoms with Gasteiger partial charge in [-0.1, -0.05) is 0 Å². The van der Waals surface area contributed by atoms with Crippen molar-refractivity contribution in [2.75, 3.05) is 19.6 Å². The van der Waals surface area contributed by atoms with Crippen LogP contribution in [0.25, 0.3) is 0 Å². The monoisotopic (exact) mass is 257 g/mol. The van der Waals surface area contributed by atoms with Crippen LogP contribution in [0.5, 0.6) is 0 Å². The summed E-state index contributed by atoms with van der Waals surface area (Å²) >= 11 is 0. The molecule has 0 atom stereocenters. The standard InChI is InChI=1S/C11H19N3O4/c1-7(2)13-9(15)3-4-12-11(18)14-5-8(6-14)10(16)17/h7-8H,3-6H2,1-2H3,(H,12,18)(H,13,15)(H,16,17). The molecule has 0 unspecified atom stereocenters. The number of hydrogen-bond acceptors (Lipinski definition) is 3. The van der Waals surface area contributed by atoms with Crippen LogP contribution in [-0.2, 0) is 9.59 Å². The maximum atomic E-state index is 11.5. The van der Waals surface area contributed by atoms with E-state index in [2.05, 4.69) is 10.6 Å². The summed E-state index contributed by atoms with van der Waals surface area (Å²) < 4.78 is 0. The van der Waals surface area contributed by atoms with Crippen molar-refractivity contribution in [3.8, 4) is 0 Å². The van der Waals surface area contributed by atoms with Gasteiger partial charge in [0.1, 0.15) is 0 Å². The minimum absolute atomic E-state index is 0.0832. The fourth-order valence-electron chi connectivity index (χ4n) is 1.59. The molecule has 0 spiro atoms. The second-order valence-corrected chi connectivity index (χ2v) is 4.64. The highest BCUT2D eigenvalue weighted by Gasteiger charge is 2.35. The molecule has 3 amide bonds. The van der Waals surface area contributed by atoms with Crippen molar-refractivity contribution in [3.63, 3.8) is 0 Å². The van der Waals surface area contributed by atoms with Gasteiger partial charge in [-0.15, -0.1) is 0 Å². The lowest BCUT2D eigenvalue weighted by Gasteiger charge is -2.36. The van der Waals surface area contributed by atoms with Gasteiger partial charge >= 0.3 is 12.0 Å². The Bertz CT molecular complexity index is 337. The molecule has 7 heteroatoms. The third-order valence-electron chi connectivity index (χ3n) is 2.60. The van der Waals surface area contributed by atoms with Crippen LogP contribution >= 0.6 is 0 Å². The molecule has 1 aliphatic heterocycles. The SMILES string of the molecule is CC(C)NC(=O)CCNC(=O)N1CC(C(=O)O)C1. The van der Waals surface area contributed by atoms with Crippen molar-refractivity contribution in [2.45, 2.75) is 26.3 Å². The number of aliphatic carboxylic acids is 1. The fraction of sp³-hybridized carbons (Fsp3) is 0.727. The summed E-state index contributed by atoms with van der Waals surface area (Å²) in [5, 5.41) is 13.9. The first-order valence-electron chi connectivity index (χ1n) is 5.95. The van der Waals surface area contributed by atoms with Crippen LogP contribution in [-0.4, -0.2) is 53.6 Å². The van der Waals surface area contributed by atoms with Crippen molar-refractivity contribution in [1.82, 2.24) is 15.5 Å².